The van der Waals surface area contributed by atoms with Crippen molar-refractivity contribution < 1.29 is 47.6 Å². The number of benzene rings is 1. The molecule has 5 atom stereocenters. The van der Waals surface area contributed by atoms with Gasteiger partial charge in [0.05, 0.1) is 0 Å². The van der Waals surface area contributed by atoms with Gasteiger partial charge in [0.2, 0.25) is 12.4 Å². The Hall–Kier alpha value is -3.14. The van der Waals surface area contributed by atoms with Crippen molar-refractivity contribution in [1.29, 1.82) is 0 Å². The largest absolute Gasteiger partial charge is 0.463 e. The summed E-state index contributed by atoms with van der Waals surface area (Å²) in [4.78, 5) is 47.1. The summed E-state index contributed by atoms with van der Waals surface area (Å²) in [5.74, 6) is -1.99. The smallest absolute Gasteiger partial charge is 0.303 e. The second kappa shape index (κ2) is 11.8. The summed E-state index contributed by atoms with van der Waals surface area (Å²) in [7, 11) is 0. The van der Waals surface area contributed by atoms with E-state index in [0.29, 0.717) is 5.75 Å². The summed E-state index contributed by atoms with van der Waals surface area (Å²) in [5, 5.41) is 0. The maximum absolute atomic E-state index is 11.9. The third-order valence-electron chi connectivity index (χ3n) is 5.07. The minimum Gasteiger partial charge on any atom is -0.463 e. The second-order valence-corrected chi connectivity index (χ2v) is 8.37. The zero-order valence-electron chi connectivity index (χ0n) is 20.5. The molecule has 0 aliphatic carbocycles. The molecule has 0 bridgehead atoms. The van der Waals surface area contributed by atoms with Gasteiger partial charge in [-0.3, -0.25) is 19.2 Å². The molecule has 10 heteroatoms. The van der Waals surface area contributed by atoms with Crippen LogP contribution in [0.2, 0.25) is 0 Å². The zero-order valence-corrected chi connectivity index (χ0v) is 20.5. The molecule has 0 amide bonds. The van der Waals surface area contributed by atoms with Crippen molar-refractivity contribution in [3.63, 3.8) is 0 Å². The molecule has 1 heterocycles. The molecule has 34 heavy (non-hydrogen) atoms. The standard InChI is InChI=1S/C24H32O10/c1-12(2)18-9-8-13(3)19(10-18)33-24-23(32-17(7)28)22(31-16(6)27)21(30-15(5)26)20(34-24)11-29-14(4)25/h8-10,12,20-24H,11H2,1-7H3/t20-,21-,22+,23-,24-/m0/s1. The fourth-order valence-electron chi connectivity index (χ4n) is 3.51. The fraction of sp³-hybridized carbons (Fsp3) is 0.583. The molecule has 0 unspecified atom stereocenters. The first-order chi connectivity index (χ1) is 15.9. The molecule has 1 fully saturated rings. The highest BCUT2D eigenvalue weighted by molar-refractivity contribution is 5.68. The molecule has 0 spiro atoms. The molecule has 0 aromatic heterocycles. The van der Waals surface area contributed by atoms with Crippen molar-refractivity contribution in [3.05, 3.63) is 29.3 Å². The van der Waals surface area contributed by atoms with E-state index in [9.17, 15) is 19.2 Å². The number of esters is 4. The van der Waals surface area contributed by atoms with Crippen LogP contribution in [0.3, 0.4) is 0 Å². The van der Waals surface area contributed by atoms with Gasteiger partial charge >= 0.3 is 23.9 Å². The topological polar surface area (TPSA) is 124 Å². The van der Waals surface area contributed by atoms with Gasteiger partial charge in [0.25, 0.3) is 0 Å². The molecule has 0 N–H and O–H groups in total. The number of hydrogen-bond donors (Lipinski definition) is 0. The molecule has 1 aromatic rings. The van der Waals surface area contributed by atoms with Gasteiger partial charge in [-0.15, -0.1) is 0 Å². The Labute approximate surface area is 198 Å². The van der Waals surface area contributed by atoms with Crippen molar-refractivity contribution in [2.75, 3.05) is 6.61 Å². The lowest BCUT2D eigenvalue weighted by molar-refractivity contribution is -0.288. The summed E-state index contributed by atoms with van der Waals surface area (Å²) >= 11 is 0. The minimum atomic E-state index is -1.28. The van der Waals surface area contributed by atoms with E-state index in [1.165, 1.54) is 13.8 Å². The van der Waals surface area contributed by atoms with Crippen LogP contribution in [0.4, 0.5) is 0 Å². The monoisotopic (exact) mass is 480 g/mol. The van der Waals surface area contributed by atoms with Gasteiger partial charge in [0, 0.05) is 27.7 Å². The number of ether oxygens (including phenoxy) is 6. The highest BCUT2D eigenvalue weighted by Gasteiger charge is 2.53. The molecule has 2 rings (SSSR count). The predicted molar refractivity (Wildman–Crippen MR) is 118 cm³/mol. The molecule has 0 saturated carbocycles. The molecule has 0 radical (unpaired) electrons. The highest BCUT2D eigenvalue weighted by Crippen LogP contribution is 2.33. The summed E-state index contributed by atoms with van der Waals surface area (Å²) < 4.78 is 33.4. The van der Waals surface area contributed by atoms with E-state index in [0.717, 1.165) is 25.0 Å². The summed E-state index contributed by atoms with van der Waals surface area (Å²) in [5.41, 5.74) is 1.79. The number of hydrogen-bond acceptors (Lipinski definition) is 10. The number of carbonyl (C=O) groups is 4. The lowest BCUT2D eigenvalue weighted by Gasteiger charge is -2.44. The summed E-state index contributed by atoms with van der Waals surface area (Å²) in [6.07, 6.45) is -6.11. The molecular formula is C24H32O10. The van der Waals surface area contributed by atoms with E-state index < -0.39 is 54.6 Å². The van der Waals surface area contributed by atoms with Gasteiger partial charge in [0.1, 0.15) is 18.5 Å². The second-order valence-electron chi connectivity index (χ2n) is 8.37. The maximum atomic E-state index is 11.9. The van der Waals surface area contributed by atoms with Crippen LogP contribution in [-0.2, 0) is 42.9 Å². The lowest BCUT2D eigenvalue weighted by atomic mass is 9.97. The first-order valence-corrected chi connectivity index (χ1v) is 11.0. The fourth-order valence-corrected chi connectivity index (χ4v) is 3.51. The van der Waals surface area contributed by atoms with Crippen LogP contribution < -0.4 is 4.74 Å². The van der Waals surface area contributed by atoms with Crippen molar-refractivity contribution in [1.82, 2.24) is 0 Å². The van der Waals surface area contributed by atoms with E-state index in [-0.39, 0.29) is 12.5 Å². The van der Waals surface area contributed by atoms with Crippen LogP contribution in [0.1, 0.15) is 58.6 Å². The predicted octanol–water partition coefficient (Wildman–Crippen LogP) is 2.58. The third kappa shape index (κ3) is 7.44. The molecular weight excluding hydrogens is 448 g/mol. The molecule has 10 nitrogen and oxygen atoms in total. The van der Waals surface area contributed by atoms with Gasteiger partial charge in [-0.05, 0) is 30.0 Å². The van der Waals surface area contributed by atoms with Crippen molar-refractivity contribution in [3.8, 4) is 5.75 Å². The van der Waals surface area contributed by atoms with Crippen molar-refractivity contribution in [2.45, 2.75) is 85.1 Å². The third-order valence-corrected chi connectivity index (χ3v) is 5.07. The van der Waals surface area contributed by atoms with Crippen LogP contribution in [0, 0.1) is 6.92 Å². The number of rotatable bonds is 8. The number of aryl methyl sites for hydroxylation is 1. The first-order valence-electron chi connectivity index (χ1n) is 11.0. The van der Waals surface area contributed by atoms with Crippen LogP contribution >= 0.6 is 0 Å². The van der Waals surface area contributed by atoms with Crippen LogP contribution in [-0.4, -0.2) is 61.2 Å². The Bertz CT molecular complexity index is 909. The van der Waals surface area contributed by atoms with E-state index in [1.54, 1.807) is 0 Å². The molecule has 1 saturated heterocycles. The first kappa shape index (κ1) is 27.1. The molecule has 1 aliphatic heterocycles. The van der Waals surface area contributed by atoms with Crippen molar-refractivity contribution in [2.24, 2.45) is 0 Å². The van der Waals surface area contributed by atoms with Crippen LogP contribution in [0.5, 0.6) is 5.75 Å². The minimum absolute atomic E-state index is 0.221. The van der Waals surface area contributed by atoms with Gasteiger partial charge in [-0.25, -0.2) is 0 Å². The lowest BCUT2D eigenvalue weighted by Crippen LogP contribution is -2.63. The molecule has 188 valence electrons. The van der Waals surface area contributed by atoms with Crippen LogP contribution in [0.25, 0.3) is 0 Å². The molecule has 1 aliphatic rings. The molecule has 1 aromatic carbocycles. The van der Waals surface area contributed by atoms with Crippen molar-refractivity contribution >= 4 is 23.9 Å². The highest BCUT2D eigenvalue weighted by atomic mass is 16.7. The number of carbonyl (C=O) groups excluding carboxylic acids is 4. The van der Waals surface area contributed by atoms with Crippen LogP contribution in [0.15, 0.2) is 18.2 Å². The summed E-state index contributed by atoms with van der Waals surface area (Å²) in [6.45, 7) is 10.3. The van der Waals surface area contributed by atoms with E-state index >= 15 is 0 Å². The average molecular weight is 481 g/mol. The normalized spacial score (nSPS) is 24.2. The van der Waals surface area contributed by atoms with E-state index in [2.05, 4.69) is 0 Å². The quantitative estimate of drug-likeness (QED) is 0.405. The van der Waals surface area contributed by atoms with Gasteiger partial charge < -0.3 is 28.4 Å². The van der Waals surface area contributed by atoms with Gasteiger partial charge in [-0.1, -0.05) is 26.0 Å². The van der Waals surface area contributed by atoms with Gasteiger partial charge in [-0.2, -0.15) is 0 Å². The zero-order chi connectivity index (χ0) is 25.6. The Morgan fingerprint density at radius 3 is 1.94 bits per heavy atom. The Balaban J connectivity index is 2.51. The Kier molecular flexibility index (Phi) is 9.43. The van der Waals surface area contributed by atoms with E-state index in [1.807, 2.05) is 39.0 Å². The average Bonchev–Trinajstić information content (AvgIpc) is 2.71. The van der Waals surface area contributed by atoms with E-state index in [4.69, 9.17) is 28.4 Å². The SMILES string of the molecule is CC(=O)OC[C@@H]1O[C@H](Oc2cc(C(C)C)ccc2C)[C@@H](OC(C)=O)[C@H](OC(C)=O)[C@H]1OC(C)=O. The Morgan fingerprint density at radius 1 is 0.853 bits per heavy atom. The van der Waals surface area contributed by atoms with Gasteiger partial charge in [0.15, 0.2) is 12.2 Å². The summed E-state index contributed by atoms with van der Waals surface area (Å²) in [6, 6.07) is 5.70. The maximum Gasteiger partial charge on any atom is 0.303 e. The Morgan fingerprint density at radius 2 is 1.41 bits per heavy atom.